The van der Waals surface area contributed by atoms with Crippen LogP contribution in [-0.2, 0) is 10.0 Å². The van der Waals surface area contributed by atoms with E-state index in [1.54, 1.807) is 0 Å². The third kappa shape index (κ3) is 5.08. The summed E-state index contributed by atoms with van der Waals surface area (Å²) in [7, 11) is -3.50. The zero-order valence-electron chi connectivity index (χ0n) is 15.4. The molecule has 2 aromatic carbocycles. The average molecular weight is 406 g/mol. The Morgan fingerprint density at radius 1 is 1.00 bits per heavy atom. The van der Waals surface area contributed by atoms with Gasteiger partial charge in [-0.1, -0.05) is 6.42 Å². The van der Waals surface area contributed by atoms with E-state index in [9.17, 15) is 17.6 Å². The monoisotopic (exact) mass is 406 g/mol. The highest BCUT2D eigenvalue weighted by Gasteiger charge is 2.25. The molecular weight excluding hydrogens is 383 g/mol. The predicted molar refractivity (Wildman–Crippen MR) is 103 cm³/mol. The first-order valence-corrected chi connectivity index (χ1v) is 10.7. The lowest BCUT2D eigenvalue weighted by Crippen LogP contribution is -2.35. The fraction of sp³-hybridized carbons (Fsp3) is 0.350. The van der Waals surface area contributed by atoms with Crippen LogP contribution in [0.15, 0.2) is 53.4 Å². The molecule has 0 aliphatic carbocycles. The number of sulfonamides is 1. The molecule has 1 aliphatic heterocycles. The highest BCUT2D eigenvalue weighted by Crippen LogP contribution is 2.20. The van der Waals surface area contributed by atoms with Gasteiger partial charge in [0.05, 0.1) is 11.4 Å². The quantitative estimate of drug-likeness (QED) is 0.718. The van der Waals surface area contributed by atoms with Crippen molar-refractivity contribution in [2.24, 2.45) is 0 Å². The van der Waals surface area contributed by atoms with Crippen molar-refractivity contribution in [1.82, 2.24) is 9.62 Å². The molecule has 6 nitrogen and oxygen atoms in total. The molecular formula is C20H23FN2O4S. The zero-order chi connectivity index (χ0) is 20.0. The first kappa shape index (κ1) is 20.3. The summed E-state index contributed by atoms with van der Waals surface area (Å²) in [4.78, 5) is 12.4. The molecule has 28 heavy (non-hydrogen) atoms. The fourth-order valence-electron chi connectivity index (χ4n) is 3.00. The number of hydrogen-bond donors (Lipinski definition) is 1. The van der Waals surface area contributed by atoms with Crippen molar-refractivity contribution >= 4 is 15.9 Å². The molecule has 0 bridgehead atoms. The number of halogens is 1. The van der Waals surface area contributed by atoms with Crippen LogP contribution in [0.2, 0.25) is 0 Å². The van der Waals surface area contributed by atoms with E-state index in [0.29, 0.717) is 24.4 Å². The van der Waals surface area contributed by atoms with Crippen molar-refractivity contribution < 1.29 is 22.3 Å². The highest BCUT2D eigenvalue weighted by molar-refractivity contribution is 7.89. The molecule has 0 atom stereocenters. The predicted octanol–water partition coefficient (Wildman–Crippen LogP) is 2.81. The van der Waals surface area contributed by atoms with Crippen molar-refractivity contribution in [2.75, 3.05) is 26.2 Å². The largest absolute Gasteiger partial charge is 0.492 e. The van der Waals surface area contributed by atoms with Gasteiger partial charge in [0.25, 0.3) is 5.91 Å². The van der Waals surface area contributed by atoms with Crippen molar-refractivity contribution in [2.45, 2.75) is 24.2 Å². The minimum Gasteiger partial charge on any atom is -0.492 e. The number of carbonyl (C=O) groups excluding carboxylic acids is 1. The second-order valence-electron chi connectivity index (χ2n) is 6.55. The molecule has 0 radical (unpaired) electrons. The minimum absolute atomic E-state index is 0.200. The number of ether oxygens (including phenoxy) is 1. The molecule has 1 N–H and O–H groups in total. The van der Waals surface area contributed by atoms with Gasteiger partial charge in [0.1, 0.15) is 18.2 Å². The van der Waals surface area contributed by atoms with Gasteiger partial charge < -0.3 is 10.1 Å². The van der Waals surface area contributed by atoms with Crippen LogP contribution in [0, 0.1) is 5.82 Å². The summed E-state index contributed by atoms with van der Waals surface area (Å²) in [5, 5.41) is 2.70. The lowest BCUT2D eigenvalue weighted by molar-refractivity contribution is 0.0947. The van der Waals surface area contributed by atoms with Crippen LogP contribution in [0.5, 0.6) is 5.75 Å². The van der Waals surface area contributed by atoms with Crippen LogP contribution in [0.3, 0.4) is 0 Å². The Morgan fingerprint density at radius 2 is 1.64 bits per heavy atom. The summed E-state index contributed by atoms with van der Waals surface area (Å²) in [6, 6.07) is 11.6. The van der Waals surface area contributed by atoms with Crippen LogP contribution in [-0.4, -0.2) is 44.9 Å². The zero-order valence-corrected chi connectivity index (χ0v) is 16.3. The molecule has 1 amide bonds. The van der Waals surface area contributed by atoms with Crippen molar-refractivity contribution in [3.63, 3.8) is 0 Å². The molecule has 1 aliphatic rings. The Bertz CT molecular complexity index is 893. The van der Waals surface area contributed by atoms with E-state index in [-0.39, 0.29) is 29.8 Å². The van der Waals surface area contributed by atoms with E-state index in [4.69, 9.17) is 4.74 Å². The first-order valence-electron chi connectivity index (χ1n) is 9.23. The molecule has 0 unspecified atom stereocenters. The van der Waals surface area contributed by atoms with Crippen molar-refractivity contribution in [3.8, 4) is 5.75 Å². The number of piperidine rings is 1. The van der Waals surface area contributed by atoms with Gasteiger partial charge in [0, 0.05) is 18.7 Å². The number of carbonyl (C=O) groups is 1. The maximum atomic E-state index is 12.8. The maximum absolute atomic E-state index is 12.8. The third-order valence-electron chi connectivity index (χ3n) is 4.54. The number of rotatable bonds is 7. The molecule has 1 fully saturated rings. The summed E-state index contributed by atoms with van der Waals surface area (Å²) in [6.07, 6.45) is 2.80. The summed E-state index contributed by atoms with van der Waals surface area (Å²) in [5.41, 5.74) is 0.374. The molecule has 3 rings (SSSR count). The first-order chi connectivity index (χ1) is 13.5. The standard InChI is InChI=1S/C20H23FN2O4S/c21-17-6-8-18(9-7-17)27-15-12-22-20(24)16-4-10-19(11-5-16)28(25,26)23-13-2-1-3-14-23/h4-11H,1-3,12-15H2,(H,22,24). The van der Waals surface area contributed by atoms with E-state index in [1.165, 1.54) is 52.8 Å². The Labute approximate surface area is 164 Å². The Hall–Kier alpha value is -2.45. The highest BCUT2D eigenvalue weighted by atomic mass is 32.2. The van der Waals surface area contributed by atoms with E-state index in [1.807, 2.05) is 0 Å². The summed E-state index contributed by atoms with van der Waals surface area (Å²) in [5.74, 6) is -0.140. The molecule has 0 spiro atoms. The number of nitrogens with zero attached hydrogens (tertiary/aromatic N) is 1. The van der Waals surface area contributed by atoms with E-state index in [0.717, 1.165) is 19.3 Å². The molecule has 1 saturated heterocycles. The summed E-state index contributed by atoms with van der Waals surface area (Å²) < 4.78 is 45.0. The topological polar surface area (TPSA) is 75.7 Å². The number of amides is 1. The van der Waals surface area contributed by atoms with Crippen LogP contribution in [0.4, 0.5) is 4.39 Å². The fourth-order valence-corrected chi connectivity index (χ4v) is 4.52. The smallest absolute Gasteiger partial charge is 0.251 e. The molecule has 0 aromatic heterocycles. The van der Waals surface area contributed by atoms with Gasteiger partial charge in [-0.15, -0.1) is 0 Å². The molecule has 150 valence electrons. The Morgan fingerprint density at radius 3 is 2.29 bits per heavy atom. The van der Waals surface area contributed by atoms with Gasteiger partial charge in [-0.25, -0.2) is 12.8 Å². The summed E-state index contributed by atoms with van der Waals surface area (Å²) in [6.45, 7) is 1.58. The third-order valence-corrected chi connectivity index (χ3v) is 6.45. The lowest BCUT2D eigenvalue weighted by Gasteiger charge is -2.25. The van der Waals surface area contributed by atoms with Gasteiger partial charge >= 0.3 is 0 Å². The lowest BCUT2D eigenvalue weighted by atomic mass is 10.2. The minimum atomic E-state index is -3.50. The molecule has 1 heterocycles. The second kappa shape index (κ2) is 9.16. The number of benzene rings is 2. The van der Waals surface area contributed by atoms with Crippen molar-refractivity contribution in [3.05, 3.63) is 59.9 Å². The SMILES string of the molecule is O=C(NCCOc1ccc(F)cc1)c1ccc(S(=O)(=O)N2CCCCC2)cc1. The van der Waals surface area contributed by atoms with Gasteiger partial charge in [0.15, 0.2) is 0 Å². The van der Waals surface area contributed by atoms with E-state index >= 15 is 0 Å². The average Bonchev–Trinajstić information content (AvgIpc) is 2.73. The van der Waals surface area contributed by atoms with Crippen molar-refractivity contribution in [1.29, 1.82) is 0 Å². The number of hydrogen-bond acceptors (Lipinski definition) is 4. The van der Waals surface area contributed by atoms with Gasteiger partial charge in [0.2, 0.25) is 10.0 Å². The normalized spacial score (nSPS) is 15.2. The second-order valence-corrected chi connectivity index (χ2v) is 8.49. The van der Waals surface area contributed by atoms with Gasteiger partial charge in [-0.2, -0.15) is 4.31 Å². The van der Waals surface area contributed by atoms with Crippen LogP contribution < -0.4 is 10.1 Å². The number of nitrogens with one attached hydrogen (secondary N) is 1. The molecule has 8 heteroatoms. The van der Waals surface area contributed by atoms with Crippen LogP contribution >= 0.6 is 0 Å². The molecule has 0 saturated carbocycles. The maximum Gasteiger partial charge on any atom is 0.251 e. The Kier molecular flexibility index (Phi) is 6.64. The van der Waals surface area contributed by atoms with Gasteiger partial charge in [-0.3, -0.25) is 4.79 Å². The van der Waals surface area contributed by atoms with Crippen LogP contribution in [0.1, 0.15) is 29.6 Å². The molecule has 2 aromatic rings. The van der Waals surface area contributed by atoms with Gasteiger partial charge in [-0.05, 0) is 61.4 Å². The van der Waals surface area contributed by atoms with E-state index in [2.05, 4.69) is 5.32 Å². The van der Waals surface area contributed by atoms with Crippen LogP contribution in [0.25, 0.3) is 0 Å². The Balaban J connectivity index is 1.51. The summed E-state index contributed by atoms with van der Waals surface area (Å²) >= 11 is 0. The van der Waals surface area contributed by atoms with E-state index < -0.39 is 10.0 Å².